The Balaban J connectivity index is 2.20. The molecule has 4 nitrogen and oxygen atoms in total. The van der Waals surface area contributed by atoms with Crippen molar-refractivity contribution in [2.75, 3.05) is 5.32 Å². The standard InChI is InChI=1S/C12H8F3N3O/c13-12(14,15)9-4-8(5-17-6-9)11(19)18-10-2-1-3-16-7-10/h1-7H,(H,18,19). The lowest BCUT2D eigenvalue weighted by Crippen LogP contribution is -2.14. The van der Waals surface area contributed by atoms with Crippen molar-refractivity contribution in [1.29, 1.82) is 0 Å². The molecule has 7 heteroatoms. The monoisotopic (exact) mass is 267 g/mol. The van der Waals surface area contributed by atoms with E-state index in [4.69, 9.17) is 0 Å². The van der Waals surface area contributed by atoms with Crippen molar-refractivity contribution in [3.8, 4) is 0 Å². The number of alkyl halides is 3. The highest BCUT2D eigenvalue weighted by molar-refractivity contribution is 6.04. The second-order valence-electron chi connectivity index (χ2n) is 3.66. The number of pyridine rings is 2. The SMILES string of the molecule is O=C(Nc1cccnc1)c1cncc(C(F)(F)F)c1. The van der Waals surface area contributed by atoms with E-state index in [0.29, 0.717) is 11.9 Å². The maximum absolute atomic E-state index is 12.5. The Hall–Kier alpha value is -2.44. The second-order valence-corrected chi connectivity index (χ2v) is 3.66. The molecule has 0 radical (unpaired) electrons. The van der Waals surface area contributed by atoms with Crippen molar-refractivity contribution < 1.29 is 18.0 Å². The van der Waals surface area contributed by atoms with Gasteiger partial charge in [-0.1, -0.05) is 0 Å². The quantitative estimate of drug-likeness (QED) is 0.910. The summed E-state index contributed by atoms with van der Waals surface area (Å²) in [6.07, 6.45) is 0.111. The highest BCUT2D eigenvalue weighted by Gasteiger charge is 2.31. The molecule has 0 aromatic carbocycles. The van der Waals surface area contributed by atoms with E-state index in [9.17, 15) is 18.0 Å². The molecule has 0 atom stereocenters. The summed E-state index contributed by atoms with van der Waals surface area (Å²) >= 11 is 0. The molecule has 1 N–H and O–H groups in total. The molecule has 0 saturated heterocycles. The number of amides is 1. The van der Waals surface area contributed by atoms with E-state index in [-0.39, 0.29) is 5.56 Å². The molecule has 98 valence electrons. The van der Waals surface area contributed by atoms with Gasteiger partial charge in [0.15, 0.2) is 0 Å². The van der Waals surface area contributed by atoms with Gasteiger partial charge in [0.1, 0.15) is 0 Å². The minimum absolute atomic E-state index is 0.168. The maximum Gasteiger partial charge on any atom is 0.417 e. The van der Waals surface area contributed by atoms with Gasteiger partial charge in [0.25, 0.3) is 5.91 Å². The number of rotatable bonds is 2. The van der Waals surface area contributed by atoms with Crippen LogP contribution in [0.4, 0.5) is 18.9 Å². The molecule has 2 aromatic rings. The third-order valence-electron chi connectivity index (χ3n) is 2.25. The van der Waals surface area contributed by atoms with Crippen molar-refractivity contribution in [3.63, 3.8) is 0 Å². The summed E-state index contributed by atoms with van der Waals surface area (Å²) in [6.45, 7) is 0. The van der Waals surface area contributed by atoms with Crippen LogP contribution in [0.3, 0.4) is 0 Å². The molecule has 0 fully saturated rings. The summed E-state index contributed by atoms with van der Waals surface area (Å²) in [6, 6.07) is 3.92. The normalized spacial score (nSPS) is 11.1. The number of hydrogen-bond acceptors (Lipinski definition) is 3. The Morgan fingerprint density at radius 2 is 1.95 bits per heavy atom. The summed E-state index contributed by atoms with van der Waals surface area (Å²) in [5, 5.41) is 2.43. The minimum Gasteiger partial charge on any atom is -0.321 e. The van der Waals surface area contributed by atoms with Gasteiger partial charge in [-0.25, -0.2) is 0 Å². The number of halogens is 3. The van der Waals surface area contributed by atoms with E-state index in [1.807, 2.05) is 0 Å². The van der Waals surface area contributed by atoms with Gasteiger partial charge in [0, 0.05) is 18.6 Å². The van der Waals surface area contributed by atoms with Crippen molar-refractivity contribution >= 4 is 11.6 Å². The molecule has 0 aliphatic carbocycles. The molecule has 0 unspecified atom stereocenters. The number of carbonyl (C=O) groups is 1. The van der Waals surface area contributed by atoms with Gasteiger partial charge >= 0.3 is 6.18 Å². The molecule has 19 heavy (non-hydrogen) atoms. The van der Waals surface area contributed by atoms with Gasteiger partial charge in [-0.15, -0.1) is 0 Å². The fourth-order valence-corrected chi connectivity index (χ4v) is 1.36. The summed E-state index contributed by atoms with van der Waals surface area (Å²) < 4.78 is 37.4. The van der Waals surface area contributed by atoms with Crippen LogP contribution in [0.2, 0.25) is 0 Å². The number of hydrogen-bond donors (Lipinski definition) is 1. The number of nitrogens with one attached hydrogen (secondary N) is 1. The Morgan fingerprint density at radius 1 is 1.16 bits per heavy atom. The average molecular weight is 267 g/mol. The zero-order valence-corrected chi connectivity index (χ0v) is 9.48. The van der Waals surface area contributed by atoms with E-state index >= 15 is 0 Å². The number of carbonyl (C=O) groups excluding carboxylic acids is 1. The highest BCUT2D eigenvalue weighted by Crippen LogP contribution is 2.28. The van der Waals surface area contributed by atoms with Gasteiger partial charge in [-0.2, -0.15) is 13.2 Å². The van der Waals surface area contributed by atoms with Crippen LogP contribution < -0.4 is 5.32 Å². The fraction of sp³-hybridized carbons (Fsp3) is 0.0833. The van der Waals surface area contributed by atoms with Crippen molar-refractivity contribution in [3.05, 3.63) is 54.1 Å². The van der Waals surface area contributed by atoms with Crippen molar-refractivity contribution in [1.82, 2.24) is 9.97 Å². The van der Waals surface area contributed by atoms with E-state index in [2.05, 4.69) is 15.3 Å². The summed E-state index contributed by atoms with van der Waals surface area (Å²) in [7, 11) is 0. The maximum atomic E-state index is 12.5. The molecule has 0 bridgehead atoms. The molecule has 2 heterocycles. The van der Waals surface area contributed by atoms with Crippen LogP contribution in [0.1, 0.15) is 15.9 Å². The lowest BCUT2D eigenvalue weighted by molar-refractivity contribution is -0.137. The van der Waals surface area contributed by atoms with E-state index < -0.39 is 17.6 Å². The first kappa shape index (κ1) is 13.0. The molecule has 0 saturated carbocycles. The minimum atomic E-state index is -4.53. The van der Waals surface area contributed by atoms with E-state index in [1.54, 1.807) is 12.1 Å². The highest BCUT2D eigenvalue weighted by atomic mass is 19.4. The van der Waals surface area contributed by atoms with Crippen LogP contribution in [-0.2, 0) is 6.18 Å². The molecule has 1 amide bonds. The molecule has 0 spiro atoms. The van der Waals surface area contributed by atoms with Gasteiger partial charge in [0.2, 0.25) is 0 Å². The molecular formula is C12H8F3N3O. The van der Waals surface area contributed by atoms with Crippen LogP contribution in [0.15, 0.2) is 43.0 Å². The Morgan fingerprint density at radius 3 is 2.58 bits per heavy atom. The van der Waals surface area contributed by atoms with Gasteiger partial charge < -0.3 is 5.32 Å². The second kappa shape index (κ2) is 5.05. The first-order valence-corrected chi connectivity index (χ1v) is 5.20. The van der Waals surface area contributed by atoms with Crippen molar-refractivity contribution in [2.45, 2.75) is 6.18 Å². The van der Waals surface area contributed by atoms with Crippen LogP contribution in [0, 0.1) is 0 Å². The molecule has 0 aliphatic heterocycles. The van der Waals surface area contributed by atoms with Gasteiger partial charge in [-0.05, 0) is 18.2 Å². The number of aromatic nitrogens is 2. The zero-order valence-electron chi connectivity index (χ0n) is 9.48. The number of anilines is 1. The van der Waals surface area contributed by atoms with Gasteiger partial charge in [-0.3, -0.25) is 14.8 Å². The number of nitrogens with zero attached hydrogens (tertiary/aromatic N) is 2. The summed E-state index contributed by atoms with van der Waals surface area (Å²) in [5.74, 6) is -0.674. The third-order valence-corrected chi connectivity index (χ3v) is 2.25. The van der Waals surface area contributed by atoms with Crippen LogP contribution in [-0.4, -0.2) is 15.9 Å². The zero-order chi connectivity index (χ0) is 13.9. The van der Waals surface area contributed by atoms with Gasteiger partial charge in [0.05, 0.1) is 23.0 Å². The first-order valence-electron chi connectivity index (χ1n) is 5.20. The van der Waals surface area contributed by atoms with Crippen LogP contribution >= 0.6 is 0 Å². The molecular weight excluding hydrogens is 259 g/mol. The Labute approximate surface area is 106 Å². The third kappa shape index (κ3) is 3.27. The first-order chi connectivity index (χ1) is 8.97. The van der Waals surface area contributed by atoms with E-state index in [1.165, 1.54) is 12.4 Å². The predicted molar refractivity (Wildman–Crippen MR) is 61.4 cm³/mol. The van der Waals surface area contributed by atoms with E-state index in [0.717, 1.165) is 12.3 Å². The Bertz CT molecular complexity index is 584. The largest absolute Gasteiger partial charge is 0.417 e. The lowest BCUT2D eigenvalue weighted by Gasteiger charge is -2.08. The van der Waals surface area contributed by atoms with Crippen LogP contribution in [0.5, 0.6) is 0 Å². The Kier molecular flexibility index (Phi) is 3.46. The average Bonchev–Trinajstić information content (AvgIpc) is 2.39. The summed E-state index contributed by atoms with van der Waals surface area (Å²) in [4.78, 5) is 18.9. The molecule has 2 aromatic heterocycles. The van der Waals surface area contributed by atoms with Crippen molar-refractivity contribution in [2.24, 2.45) is 0 Å². The molecule has 0 aliphatic rings. The molecule has 2 rings (SSSR count). The topological polar surface area (TPSA) is 54.9 Å². The fourth-order valence-electron chi connectivity index (χ4n) is 1.36. The van der Waals surface area contributed by atoms with Crippen LogP contribution in [0.25, 0.3) is 0 Å². The predicted octanol–water partition coefficient (Wildman–Crippen LogP) is 2.75. The smallest absolute Gasteiger partial charge is 0.321 e. The summed E-state index contributed by atoms with van der Waals surface area (Å²) in [5.41, 5.74) is -0.741. The lowest BCUT2D eigenvalue weighted by atomic mass is 10.2.